The second-order valence-electron chi connectivity index (χ2n) is 5.58. The van der Waals surface area contributed by atoms with Crippen molar-refractivity contribution in [2.75, 3.05) is 11.5 Å². The number of hydrogen-bond acceptors (Lipinski definition) is 4. The Morgan fingerprint density at radius 1 is 1.35 bits per heavy atom. The third-order valence-electron chi connectivity index (χ3n) is 3.52. The van der Waals surface area contributed by atoms with Gasteiger partial charge in [-0.3, -0.25) is 10.1 Å². The first-order chi connectivity index (χ1) is 10.6. The summed E-state index contributed by atoms with van der Waals surface area (Å²) in [7, 11) is -3.08. The van der Waals surface area contributed by atoms with E-state index in [4.69, 9.17) is 34.8 Å². The van der Waals surface area contributed by atoms with Crippen molar-refractivity contribution in [3.8, 4) is 0 Å². The highest BCUT2D eigenvalue weighted by Crippen LogP contribution is 2.30. The Kier molecular flexibility index (Phi) is 5.85. The smallest absolute Gasteiger partial charge is 0.252 e. The lowest BCUT2D eigenvalue weighted by Crippen LogP contribution is -2.56. The number of alkyl halides is 3. The highest BCUT2D eigenvalue weighted by molar-refractivity contribution is 7.91. The van der Waals surface area contributed by atoms with E-state index >= 15 is 0 Å². The first-order valence-corrected chi connectivity index (χ1v) is 9.93. The Morgan fingerprint density at radius 2 is 2.04 bits per heavy atom. The number of carbonyl (C=O) groups excluding carboxylic acids is 1. The minimum Gasteiger partial charge on any atom is -0.333 e. The Morgan fingerprint density at radius 3 is 2.57 bits per heavy atom. The average molecular weight is 400 g/mol. The van der Waals surface area contributed by atoms with Crippen LogP contribution in [0.5, 0.6) is 0 Å². The number of benzene rings is 1. The number of hydrogen-bond donors (Lipinski definition) is 2. The molecule has 1 fully saturated rings. The van der Waals surface area contributed by atoms with E-state index in [2.05, 4.69) is 10.6 Å². The third kappa shape index (κ3) is 5.50. The fourth-order valence-corrected chi connectivity index (χ4v) is 4.42. The summed E-state index contributed by atoms with van der Waals surface area (Å²) in [5.41, 5.74) is 1.36. The zero-order chi connectivity index (χ0) is 17.3. The van der Waals surface area contributed by atoms with Gasteiger partial charge in [0.25, 0.3) is 5.91 Å². The summed E-state index contributed by atoms with van der Waals surface area (Å²) in [6.45, 7) is 1.87. The molecule has 0 aliphatic carbocycles. The molecular weight excluding hydrogens is 383 g/mol. The van der Waals surface area contributed by atoms with Gasteiger partial charge in [0.2, 0.25) is 3.79 Å². The van der Waals surface area contributed by atoms with Gasteiger partial charge in [0.15, 0.2) is 9.84 Å². The molecule has 2 atom stereocenters. The maximum Gasteiger partial charge on any atom is 0.252 e. The zero-order valence-corrected chi connectivity index (χ0v) is 15.4. The van der Waals surface area contributed by atoms with Crippen molar-refractivity contribution in [1.82, 2.24) is 10.6 Å². The normalized spacial score (nSPS) is 21.8. The molecule has 2 rings (SSSR count). The van der Waals surface area contributed by atoms with Crippen LogP contribution in [0.4, 0.5) is 0 Å². The monoisotopic (exact) mass is 398 g/mol. The molecule has 5 nitrogen and oxygen atoms in total. The Balaban J connectivity index is 2.09. The highest BCUT2D eigenvalue weighted by atomic mass is 35.6. The van der Waals surface area contributed by atoms with E-state index in [0.717, 1.165) is 5.56 Å². The van der Waals surface area contributed by atoms with E-state index in [1.54, 1.807) is 18.2 Å². The molecule has 1 heterocycles. The molecule has 1 saturated heterocycles. The summed E-state index contributed by atoms with van der Waals surface area (Å²) in [6, 6.07) is 6.62. The number of amides is 1. The molecule has 2 N–H and O–H groups in total. The van der Waals surface area contributed by atoms with Gasteiger partial charge in [-0.2, -0.15) is 0 Å². The summed E-state index contributed by atoms with van der Waals surface area (Å²) in [5, 5.41) is 5.53. The summed E-state index contributed by atoms with van der Waals surface area (Å²) in [5.74, 6) is -0.355. The topological polar surface area (TPSA) is 75.3 Å². The van der Waals surface area contributed by atoms with E-state index in [0.29, 0.717) is 12.0 Å². The molecule has 0 unspecified atom stereocenters. The largest absolute Gasteiger partial charge is 0.333 e. The maximum absolute atomic E-state index is 12.3. The predicted molar refractivity (Wildman–Crippen MR) is 92.9 cm³/mol. The molecule has 0 bridgehead atoms. The second kappa shape index (κ2) is 7.15. The lowest BCUT2D eigenvalue weighted by Gasteiger charge is -2.29. The predicted octanol–water partition coefficient (Wildman–Crippen LogP) is 2.20. The molecule has 0 aromatic heterocycles. The quantitative estimate of drug-likeness (QED) is 0.601. The Bertz CT molecular complexity index is 689. The van der Waals surface area contributed by atoms with Gasteiger partial charge < -0.3 is 5.32 Å². The van der Waals surface area contributed by atoms with Crippen LogP contribution >= 0.6 is 34.8 Å². The van der Waals surface area contributed by atoms with Crippen LogP contribution in [0.1, 0.15) is 22.3 Å². The number of sulfone groups is 1. The van der Waals surface area contributed by atoms with Crippen molar-refractivity contribution >= 4 is 50.5 Å². The van der Waals surface area contributed by atoms with Crippen LogP contribution in [0.3, 0.4) is 0 Å². The van der Waals surface area contributed by atoms with E-state index in [1.165, 1.54) is 0 Å². The van der Waals surface area contributed by atoms with E-state index < -0.39 is 25.7 Å². The summed E-state index contributed by atoms with van der Waals surface area (Å²) in [4.78, 5) is 12.3. The summed E-state index contributed by atoms with van der Waals surface area (Å²) < 4.78 is 21.2. The molecule has 128 valence electrons. The van der Waals surface area contributed by atoms with Crippen LogP contribution in [-0.2, 0) is 9.84 Å². The molecule has 1 aromatic carbocycles. The average Bonchev–Trinajstić information content (AvgIpc) is 2.76. The van der Waals surface area contributed by atoms with Crippen molar-refractivity contribution in [3.05, 3.63) is 35.4 Å². The molecule has 1 aliphatic heterocycles. The van der Waals surface area contributed by atoms with Gasteiger partial charge >= 0.3 is 0 Å². The van der Waals surface area contributed by atoms with Gasteiger partial charge in [0.1, 0.15) is 6.17 Å². The van der Waals surface area contributed by atoms with Crippen LogP contribution in [0.25, 0.3) is 0 Å². The minimum absolute atomic E-state index is 0.0371. The van der Waals surface area contributed by atoms with E-state index in [9.17, 15) is 13.2 Å². The Labute approximate surface area is 150 Å². The van der Waals surface area contributed by atoms with Crippen molar-refractivity contribution < 1.29 is 13.2 Å². The molecular formula is C14H17Cl3N2O3S. The van der Waals surface area contributed by atoms with Gasteiger partial charge in [0, 0.05) is 11.6 Å². The van der Waals surface area contributed by atoms with Crippen LogP contribution in [0, 0.1) is 6.92 Å². The fourth-order valence-electron chi connectivity index (χ4n) is 2.38. The minimum atomic E-state index is -3.08. The number of halogens is 3. The van der Waals surface area contributed by atoms with Crippen molar-refractivity contribution in [2.45, 2.75) is 29.3 Å². The maximum atomic E-state index is 12.3. The SMILES string of the molecule is Cc1cccc(C(=O)N[C@H](N[C@@H]2CCS(=O)(=O)C2)C(Cl)(Cl)Cl)c1. The fraction of sp³-hybridized carbons (Fsp3) is 0.500. The summed E-state index contributed by atoms with van der Waals surface area (Å²) >= 11 is 17.7. The molecule has 1 aliphatic rings. The molecule has 9 heteroatoms. The van der Waals surface area contributed by atoms with Gasteiger partial charge in [-0.25, -0.2) is 8.42 Å². The molecule has 1 amide bonds. The first-order valence-electron chi connectivity index (χ1n) is 6.97. The molecule has 1 aromatic rings. The molecule has 0 saturated carbocycles. The number of nitrogens with one attached hydrogen (secondary N) is 2. The lowest BCUT2D eigenvalue weighted by atomic mass is 10.1. The first kappa shape index (κ1) is 18.8. The van der Waals surface area contributed by atoms with Crippen LogP contribution < -0.4 is 10.6 Å². The van der Waals surface area contributed by atoms with E-state index in [1.807, 2.05) is 13.0 Å². The number of rotatable bonds is 4. The summed E-state index contributed by atoms with van der Waals surface area (Å²) in [6.07, 6.45) is -0.585. The standard InChI is InChI=1S/C14H17Cl3N2O3S/c1-9-3-2-4-10(7-9)12(20)19-13(14(15,16)17)18-11-5-6-23(21,22)8-11/h2-4,7,11,13,18H,5-6,8H2,1H3,(H,19,20)/t11-,13+/m1/s1. The van der Waals surface area contributed by atoms with E-state index in [-0.39, 0.29) is 17.5 Å². The van der Waals surface area contributed by atoms with Crippen molar-refractivity contribution in [3.63, 3.8) is 0 Å². The molecule has 0 spiro atoms. The van der Waals surface area contributed by atoms with Gasteiger partial charge in [-0.05, 0) is 25.5 Å². The molecule has 0 radical (unpaired) electrons. The van der Waals surface area contributed by atoms with Gasteiger partial charge in [-0.1, -0.05) is 52.5 Å². The Hall–Kier alpha value is -0.530. The zero-order valence-electron chi connectivity index (χ0n) is 12.4. The van der Waals surface area contributed by atoms with Crippen LogP contribution in [0.15, 0.2) is 24.3 Å². The van der Waals surface area contributed by atoms with Crippen LogP contribution in [-0.4, -0.2) is 41.8 Å². The van der Waals surface area contributed by atoms with Gasteiger partial charge in [-0.15, -0.1) is 0 Å². The number of aryl methyl sites for hydroxylation is 1. The highest BCUT2D eigenvalue weighted by Gasteiger charge is 2.38. The number of carbonyl (C=O) groups is 1. The molecule has 23 heavy (non-hydrogen) atoms. The van der Waals surface area contributed by atoms with Crippen molar-refractivity contribution in [1.29, 1.82) is 0 Å². The van der Waals surface area contributed by atoms with Crippen LogP contribution in [0.2, 0.25) is 0 Å². The lowest BCUT2D eigenvalue weighted by molar-refractivity contribution is 0.0927. The van der Waals surface area contributed by atoms with Crippen molar-refractivity contribution in [2.24, 2.45) is 0 Å². The van der Waals surface area contributed by atoms with Gasteiger partial charge in [0.05, 0.1) is 11.5 Å². The second-order valence-corrected chi connectivity index (χ2v) is 10.2. The third-order valence-corrected chi connectivity index (χ3v) is 5.94.